The van der Waals surface area contributed by atoms with Gasteiger partial charge in [-0.1, -0.05) is 102 Å². The van der Waals surface area contributed by atoms with Gasteiger partial charge in [0.15, 0.2) is 0 Å². The normalized spacial score (nSPS) is 17.3. The fraction of sp³-hybridized carbons (Fsp3) is 0.278. The summed E-state index contributed by atoms with van der Waals surface area (Å²) in [5.74, 6) is -0.307. The first-order valence-electron chi connectivity index (χ1n) is 15.1. The minimum Gasteiger partial charge on any atom is -0.396 e. The molecule has 0 aromatic heterocycles. The predicted octanol–water partition coefficient (Wildman–Crippen LogP) is 6.92. The minimum absolute atomic E-state index is 0.0158. The van der Waals surface area contributed by atoms with E-state index in [4.69, 9.17) is 40.5 Å². The highest BCUT2D eigenvalue weighted by molar-refractivity contribution is 6.42. The van der Waals surface area contributed by atoms with Crippen LogP contribution >= 0.6 is 34.8 Å². The lowest BCUT2D eigenvalue weighted by Gasteiger charge is -2.47. The molecule has 9 heteroatoms. The molecule has 3 atom stereocenters. The zero-order valence-corrected chi connectivity index (χ0v) is 27.1. The molecule has 2 amide bonds. The van der Waals surface area contributed by atoms with E-state index < -0.39 is 6.04 Å². The summed E-state index contributed by atoms with van der Waals surface area (Å²) in [5, 5.41) is 11.2. The number of aliphatic hydroxyl groups excluding tert-OH is 1. The number of aliphatic hydroxyl groups is 1. The molecule has 4 aromatic rings. The molecule has 45 heavy (non-hydrogen) atoms. The average Bonchev–Trinajstić information content (AvgIpc) is 3.06. The van der Waals surface area contributed by atoms with Crippen molar-refractivity contribution in [1.82, 2.24) is 9.80 Å². The van der Waals surface area contributed by atoms with Gasteiger partial charge in [0.25, 0.3) is 5.91 Å². The molecule has 0 saturated carbocycles. The number of benzene rings is 4. The van der Waals surface area contributed by atoms with Crippen LogP contribution in [0.5, 0.6) is 0 Å². The van der Waals surface area contributed by atoms with Gasteiger partial charge in [0.05, 0.1) is 22.1 Å². The van der Waals surface area contributed by atoms with Crippen LogP contribution in [0.15, 0.2) is 97.1 Å². The fourth-order valence-electron chi connectivity index (χ4n) is 6.03. The van der Waals surface area contributed by atoms with Crippen LogP contribution in [0.2, 0.25) is 15.1 Å². The Labute approximate surface area is 279 Å². The molecule has 0 spiro atoms. The van der Waals surface area contributed by atoms with E-state index in [-0.39, 0.29) is 30.5 Å². The van der Waals surface area contributed by atoms with E-state index in [9.17, 15) is 14.7 Å². The summed E-state index contributed by atoms with van der Waals surface area (Å²) in [6, 6.07) is 28.7. The molecule has 234 valence electrons. The maximum absolute atomic E-state index is 14.4. The molecule has 5 rings (SSSR count). The lowest BCUT2D eigenvalue weighted by molar-refractivity contribution is -0.138. The van der Waals surface area contributed by atoms with Gasteiger partial charge in [0.2, 0.25) is 5.91 Å². The highest BCUT2D eigenvalue weighted by Crippen LogP contribution is 2.30. The van der Waals surface area contributed by atoms with Crippen molar-refractivity contribution in [2.45, 2.75) is 43.8 Å². The van der Waals surface area contributed by atoms with Crippen LogP contribution in [0.25, 0.3) is 11.1 Å². The minimum atomic E-state index is -0.813. The Bertz CT molecular complexity index is 1620. The Morgan fingerprint density at radius 1 is 0.800 bits per heavy atom. The van der Waals surface area contributed by atoms with Gasteiger partial charge in [0, 0.05) is 36.3 Å². The Hall–Kier alpha value is -3.39. The highest BCUT2D eigenvalue weighted by Gasteiger charge is 2.40. The average molecular weight is 665 g/mol. The van der Waals surface area contributed by atoms with Crippen molar-refractivity contribution in [3.8, 4) is 11.1 Å². The van der Waals surface area contributed by atoms with E-state index in [1.165, 1.54) is 0 Å². The number of carbonyl (C=O) groups excluding carboxylic acids is 2. The topological polar surface area (TPSA) is 86.9 Å². The number of nitrogens with two attached hydrogens (primary N) is 1. The second-order valence-corrected chi connectivity index (χ2v) is 12.7. The standard InChI is InChI=1S/C36H36Cl3N3O3/c37-27-15-13-26(14-16-27)30-10-4-5-11-31(30)35(44)41-23-29(19-24-7-2-1-3-8-24)42(22-28(41)9-6-18-43)36(45)34(40)21-25-12-17-32(38)33(39)20-25/h1-5,7-8,10-17,20,28-29,34,43H,6,9,18-19,21-23,40H2. The molecule has 1 saturated heterocycles. The maximum atomic E-state index is 14.4. The number of hydrogen-bond acceptors (Lipinski definition) is 4. The molecular weight excluding hydrogens is 629 g/mol. The van der Waals surface area contributed by atoms with Crippen molar-refractivity contribution in [3.05, 3.63) is 129 Å². The quantitative estimate of drug-likeness (QED) is 0.193. The van der Waals surface area contributed by atoms with Crippen LogP contribution in [0.4, 0.5) is 0 Å². The maximum Gasteiger partial charge on any atom is 0.254 e. The van der Waals surface area contributed by atoms with Gasteiger partial charge in [-0.15, -0.1) is 0 Å². The zero-order chi connectivity index (χ0) is 31.9. The number of rotatable bonds is 10. The van der Waals surface area contributed by atoms with E-state index in [1.807, 2.05) is 94.7 Å². The smallest absolute Gasteiger partial charge is 0.254 e. The van der Waals surface area contributed by atoms with E-state index in [0.717, 1.165) is 22.3 Å². The first kappa shape index (κ1) is 33.0. The van der Waals surface area contributed by atoms with Crippen molar-refractivity contribution >= 4 is 46.6 Å². The van der Waals surface area contributed by atoms with Gasteiger partial charge in [-0.05, 0) is 78.3 Å². The van der Waals surface area contributed by atoms with E-state index in [0.29, 0.717) is 59.4 Å². The number of carbonyl (C=O) groups is 2. The highest BCUT2D eigenvalue weighted by atomic mass is 35.5. The van der Waals surface area contributed by atoms with E-state index >= 15 is 0 Å². The molecule has 1 aliphatic heterocycles. The Balaban J connectivity index is 1.47. The van der Waals surface area contributed by atoms with Crippen LogP contribution in [0.1, 0.15) is 34.3 Å². The van der Waals surface area contributed by atoms with Crippen LogP contribution in [0, 0.1) is 0 Å². The largest absolute Gasteiger partial charge is 0.396 e. The SMILES string of the molecule is NC(Cc1ccc(Cl)c(Cl)c1)C(=O)N1CC(CCCO)N(C(=O)c2ccccc2-c2ccc(Cl)cc2)CC1Cc1ccccc1. The molecule has 4 aromatic carbocycles. The van der Waals surface area contributed by atoms with Gasteiger partial charge in [-0.25, -0.2) is 0 Å². The molecule has 0 bridgehead atoms. The van der Waals surface area contributed by atoms with Crippen molar-refractivity contribution < 1.29 is 14.7 Å². The number of nitrogens with zero attached hydrogens (tertiary/aromatic N) is 2. The summed E-state index contributed by atoms with van der Waals surface area (Å²) in [6.45, 7) is 0.613. The summed E-state index contributed by atoms with van der Waals surface area (Å²) in [4.78, 5) is 32.2. The summed E-state index contributed by atoms with van der Waals surface area (Å²) < 4.78 is 0. The Kier molecular flexibility index (Phi) is 11.2. The van der Waals surface area contributed by atoms with Gasteiger partial charge >= 0.3 is 0 Å². The van der Waals surface area contributed by atoms with Crippen LogP contribution in [-0.4, -0.2) is 64.5 Å². The van der Waals surface area contributed by atoms with Crippen molar-refractivity contribution in [1.29, 1.82) is 0 Å². The number of halogens is 3. The number of piperazine rings is 1. The molecule has 1 fully saturated rings. The zero-order valence-electron chi connectivity index (χ0n) is 24.8. The van der Waals surface area contributed by atoms with Crippen molar-refractivity contribution in [2.24, 2.45) is 5.73 Å². The summed E-state index contributed by atoms with van der Waals surface area (Å²) >= 11 is 18.5. The van der Waals surface area contributed by atoms with Gasteiger partial charge in [0.1, 0.15) is 0 Å². The van der Waals surface area contributed by atoms with Crippen LogP contribution in [-0.2, 0) is 17.6 Å². The Morgan fingerprint density at radius 3 is 2.20 bits per heavy atom. The van der Waals surface area contributed by atoms with Gasteiger partial charge < -0.3 is 20.6 Å². The third kappa shape index (κ3) is 8.07. The third-order valence-corrected chi connectivity index (χ3v) is 9.31. The van der Waals surface area contributed by atoms with E-state index in [2.05, 4.69) is 0 Å². The molecule has 0 aliphatic carbocycles. The first-order chi connectivity index (χ1) is 21.7. The second-order valence-electron chi connectivity index (χ2n) is 11.4. The first-order valence-corrected chi connectivity index (χ1v) is 16.2. The van der Waals surface area contributed by atoms with Gasteiger partial charge in [-0.2, -0.15) is 0 Å². The lowest BCUT2D eigenvalue weighted by Crippen LogP contribution is -2.64. The molecule has 3 N–H and O–H groups in total. The van der Waals surface area contributed by atoms with Crippen LogP contribution < -0.4 is 5.73 Å². The number of hydrogen-bond donors (Lipinski definition) is 2. The molecule has 1 aliphatic rings. The van der Waals surface area contributed by atoms with Crippen molar-refractivity contribution in [3.63, 3.8) is 0 Å². The lowest BCUT2D eigenvalue weighted by atomic mass is 9.93. The van der Waals surface area contributed by atoms with E-state index in [1.54, 1.807) is 12.1 Å². The molecule has 3 unspecified atom stereocenters. The molecular formula is C36H36Cl3N3O3. The molecule has 6 nitrogen and oxygen atoms in total. The summed E-state index contributed by atoms with van der Waals surface area (Å²) in [6.07, 6.45) is 1.88. The summed E-state index contributed by atoms with van der Waals surface area (Å²) in [7, 11) is 0. The molecule has 0 radical (unpaired) electrons. The summed E-state index contributed by atoms with van der Waals surface area (Å²) in [5.41, 5.74) is 10.7. The monoisotopic (exact) mass is 663 g/mol. The fourth-order valence-corrected chi connectivity index (χ4v) is 6.48. The second kappa shape index (κ2) is 15.3. The molecule has 1 heterocycles. The van der Waals surface area contributed by atoms with Gasteiger partial charge in [-0.3, -0.25) is 9.59 Å². The number of amides is 2. The van der Waals surface area contributed by atoms with Crippen molar-refractivity contribution in [2.75, 3.05) is 19.7 Å². The van der Waals surface area contributed by atoms with Crippen LogP contribution in [0.3, 0.4) is 0 Å². The predicted molar refractivity (Wildman–Crippen MR) is 182 cm³/mol. The Morgan fingerprint density at radius 2 is 1.49 bits per heavy atom. The third-order valence-electron chi connectivity index (χ3n) is 8.32.